The van der Waals surface area contributed by atoms with Crippen LogP contribution in [-0.4, -0.2) is 46.6 Å². The summed E-state index contributed by atoms with van der Waals surface area (Å²) in [5, 5.41) is 0.507. The van der Waals surface area contributed by atoms with Gasteiger partial charge in [0.25, 0.3) is 15.9 Å². The molecule has 12 heteroatoms. The maximum absolute atomic E-state index is 14.1. The number of halogens is 3. The lowest BCUT2D eigenvalue weighted by Gasteiger charge is -2.28. The van der Waals surface area contributed by atoms with Crippen LogP contribution in [0.1, 0.15) is 32.3 Å². The molecule has 0 aliphatic carbocycles. The average Bonchev–Trinajstić information content (AvgIpc) is 3.52. The molecule has 0 spiro atoms. The van der Waals surface area contributed by atoms with E-state index < -0.39 is 21.6 Å². The van der Waals surface area contributed by atoms with Gasteiger partial charge in [-0.25, -0.2) is 18.3 Å². The van der Waals surface area contributed by atoms with E-state index in [0.29, 0.717) is 28.6 Å². The minimum absolute atomic E-state index is 0.139. The molecular weight excluding hydrogens is 603 g/mol. The Morgan fingerprint density at radius 2 is 1.81 bits per heavy atom. The molecule has 2 atom stereocenters. The van der Waals surface area contributed by atoms with E-state index in [0.717, 1.165) is 10.0 Å². The van der Waals surface area contributed by atoms with Crippen LogP contribution in [0.3, 0.4) is 0 Å². The number of ketones is 1. The molecule has 1 fully saturated rings. The fourth-order valence-electron chi connectivity index (χ4n) is 5.17. The van der Waals surface area contributed by atoms with Gasteiger partial charge in [0.2, 0.25) is 5.95 Å². The number of hydrogen-bond acceptors (Lipinski definition) is 5. The van der Waals surface area contributed by atoms with Gasteiger partial charge in [-0.05, 0) is 62.6 Å². The molecule has 2 aromatic carbocycles. The number of fused-ring (bicyclic) bond motifs is 1. The van der Waals surface area contributed by atoms with Crippen LogP contribution in [0.4, 0.5) is 11.6 Å². The Kier molecular flexibility index (Phi) is 6.77. The molecule has 3 heterocycles. The molecule has 8 nitrogen and oxygen atoms in total. The largest absolute Gasteiger partial charge is 0.298 e. The second kappa shape index (κ2) is 9.50. The van der Waals surface area contributed by atoms with Crippen LogP contribution < -0.4 is 4.90 Å². The lowest BCUT2D eigenvalue weighted by atomic mass is 9.92. The Morgan fingerprint density at radius 3 is 2.43 bits per heavy atom. The highest BCUT2D eigenvalue weighted by Crippen LogP contribution is 2.45. The molecule has 194 valence electrons. The van der Waals surface area contributed by atoms with Crippen molar-refractivity contribution in [3.8, 4) is 0 Å². The normalized spacial score (nSPS) is 22.0. The fraction of sp³-hybridized carbons (Fsp3) is 0.320. The van der Waals surface area contributed by atoms with E-state index in [4.69, 9.17) is 23.2 Å². The number of Topliss-reactive ketones (excluding diaryl/α,β-unsaturated/α-hetero) is 1. The van der Waals surface area contributed by atoms with Gasteiger partial charge in [-0.1, -0.05) is 51.3 Å². The molecule has 0 N–H and O–H groups in total. The van der Waals surface area contributed by atoms with Crippen LogP contribution >= 0.6 is 39.1 Å². The lowest BCUT2D eigenvalue weighted by molar-refractivity contribution is -0.124. The second-order valence-corrected chi connectivity index (χ2v) is 13.1. The van der Waals surface area contributed by atoms with Gasteiger partial charge in [-0.2, -0.15) is 4.31 Å². The van der Waals surface area contributed by atoms with Gasteiger partial charge in [0, 0.05) is 27.5 Å². The lowest BCUT2D eigenvalue weighted by Crippen LogP contribution is -2.44. The minimum Gasteiger partial charge on any atom is -0.298 e. The SMILES string of the molecule is CC(=O)[C@@H]1CCCN1S(=O)(=O)c1cnc2n1[C@](C)(Cc1ccc(Br)cc1)C(=O)N2c1cc(Cl)cc(Cl)c1. The number of carbonyl (C=O) groups is 2. The standard InChI is InChI=1S/C25H23BrCl2N4O4S/c1-15(33)21-4-3-9-30(21)37(35,36)22-14-29-24-31(20-11-18(27)10-19(28)12-20)23(34)25(2,32(22)24)13-16-5-7-17(26)8-6-16/h5-8,10-12,14,21H,3-4,9,13H2,1-2H3/t21-,25+/m0/s1. The van der Waals surface area contributed by atoms with Crippen LogP contribution in [0, 0.1) is 0 Å². The first-order valence-corrected chi connectivity index (χ1v) is 14.6. The van der Waals surface area contributed by atoms with Crippen molar-refractivity contribution < 1.29 is 18.0 Å². The van der Waals surface area contributed by atoms with E-state index >= 15 is 0 Å². The van der Waals surface area contributed by atoms with Crippen molar-refractivity contribution in [3.63, 3.8) is 0 Å². The van der Waals surface area contributed by atoms with Crippen LogP contribution in [-0.2, 0) is 31.6 Å². The van der Waals surface area contributed by atoms with Crippen molar-refractivity contribution in [2.24, 2.45) is 0 Å². The first-order valence-electron chi connectivity index (χ1n) is 11.6. The highest BCUT2D eigenvalue weighted by atomic mass is 79.9. The summed E-state index contributed by atoms with van der Waals surface area (Å²) in [5.41, 5.74) is -0.140. The Morgan fingerprint density at radius 1 is 1.16 bits per heavy atom. The zero-order valence-corrected chi connectivity index (χ0v) is 23.9. The summed E-state index contributed by atoms with van der Waals surface area (Å²) < 4.78 is 31.5. The van der Waals surface area contributed by atoms with Crippen LogP contribution in [0.2, 0.25) is 10.0 Å². The summed E-state index contributed by atoms with van der Waals surface area (Å²) in [6, 6.07) is 11.4. The maximum Gasteiger partial charge on any atom is 0.261 e. The molecular formula is C25H23BrCl2N4O4S. The number of hydrogen-bond donors (Lipinski definition) is 0. The van der Waals surface area contributed by atoms with E-state index in [1.165, 1.54) is 26.9 Å². The summed E-state index contributed by atoms with van der Waals surface area (Å²) in [5.74, 6) is -0.455. The third-order valence-corrected chi connectivity index (χ3v) is 9.72. The molecule has 2 aliphatic rings. The molecule has 37 heavy (non-hydrogen) atoms. The van der Waals surface area contributed by atoms with Gasteiger partial charge >= 0.3 is 0 Å². The minimum atomic E-state index is -4.16. The number of benzene rings is 2. The van der Waals surface area contributed by atoms with Crippen molar-refractivity contribution in [2.75, 3.05) is 11.4 Å². The summed E-state index contributed by atoms with van der Waals surface area (Å²) >= 11 is 15.9. The summed E-state index contributed by atoms with van der Waals surface area (Å²) in [7, 11) is -4.16. The third-order valence-electron chi connectivity index (χ3n) is 6.88. The summed E-state index contributed by atoms with van der Waals surface area (Å²) in [4.78, 5) is 32.1. The van der Waals surface area contributed by atoms with Gasteiger partial charge in [0.05, 0.1) is 17.9 Å². The topological polar surface area (TPSA) is 92.6 Å². The van der Waals surface area contributed by atoms with E-state index in [1.807, 2.05) is 24.3 Å². The third kappa shape index (κ3) is 4.42. The Bertz CT molecular complexity index is 1510. The van der Waals surface area contributed by atoms with Gasteiger partial charge in [0.15, 0.2) is 5.03 Å². The number of aromatic nitrogens is 2. The van der Waals surface area contributed by atoms with Crippen molar-refractivity contribution in [1.82, 2.24) is 13.9 Å². The predicted octanol–water partition coefficient (Wildman–Crippen LogP) is 5.33. The second-order valence-electron chi connectivity index (χ2n) is 9.46. The van der Waals surface area contributed by atoms with E-state index in [1.54, 1.807) is 25.1 Å². The molecule has 3 aromatic rings. The van der Waals surface area contributed by atoms with Crippen molar-refractivity contribution in [1.29, 1.82) is 0 Å². The van der Waals surface area contributed by atoms with E-state index in [9.17, 15) is 18.0 Å². The molecule has 0 unspecified atom stereocenters. The highest BCUT2D eigenvalue weighted by molar-refractivity contribution is 9.10. The molecule has 1 amide bonds. The Balaban J connectivity index is 1.70. The monoisotopic (exact) mass is 624 g/mol. The zero-order valence-electron chi connectivity index (χ0n) is 20.0. The first kappa shape index (κ1) is 26.4. The average molecular weight is 626 g/mol. The summed E-state index contributed by atoms with van der Waals surface area (Å²) in [6.45, 7) is 3.31. The van der Waals surface area contributed by atoms with E-state index in [-0.39, 0.29) is 35.6 Å². The van der Waals surface area contributed by atoms with Crippen molar-refractivity contribution >= 4 is 72.5 Å². The molecule has 2 aliphatic heterocycles. The Hall–Kier alpha value is -2.24. The van der Waals surface area contributed by atoms with E-state index in [2.05, 4.69) is 20.9 Å². The molecule has 1 saturated heterocycles. The van der Waals surface area contributed by atoms with Crippen molar-refractivity contribution in [3.05, 3.63) is 68.7 Å². The molecule has 1 aromatic heterocycles. The maximum atomic E-state index is 14.1. The quantitative estimate of drug-likeness (QED) is 0.369. The van der Waals surface area contributed by atoms with Gasteiger partial charge in [-0.3, -0.25) is 14.2 Å². The number of sulfonamides is 1. The molecule has 0 radical (unpaired) electrons. The summed E-state index contributed by atoms with van der Waals surface area (Å²) in [6.07, 6.45) is 2.49. The smallest absolute Gasteiger partial charge is 0.261 e. The van der Waals surface area contributed by atoms with Gasteiger partial charge in [-0.15, -0.1) is 0 Å². The molecule has 5 rings (SSSR count). The van der Waals surface area contributed by atoms with Crippen LogP contribution in [0.25, 0.3) is 0 Å². The predicted molar refractivity (Wildman–Crippen MR) is 145 cm³/mol. The Labute approximate surface area is 233 Å². The van der Waals surface area contributed by atoms with Gasteiger partial charge < -0.3 is 0 Å². The van der Waals surface area contributed by atoms with Crippen LogP contribution in [0.15, 0.2) is 58.2 Å². The number of imidazole rings is 1. The highest BCUT2D eigenvalue weighted by Gasteiger charge is 2.53. The first-order chi connectivity index (χ1) is 17.4. The molecule has 0 saturated carbocycles. The number of amides is 1. The number of nitrogens with zero attached hydrogens (tertiary/aromatic N) is 4. The van der Waals surface area contributed by atoms with Crippen LogP contribution in [0.5, 0.6) is 0 Å². The molecule has 0 bridgehead atoms. The van der Waals surface area contributed by atoms with Gasteiger partial charge in [0.1, 0.15) is 11.3 Å². The number of anilines is 2. The number of carbonyl (C=O) groups excluding carboxylic acids is 2. The fourth-order valence-corrected chi connectivity index (χ4v) is 7.84. The zero-order chi connectivity index (χ0) is 26.7. The number of rotatable bonds is 6. The van der Waals surface area contributed by atoms with Crippen molar-refractivity contribution in [2.45, 2.75) is 49.7 Å².